The van der Waals surface area contributed by atoms with Gasteiger partial charge in [0.25, 0.3) is 22.9 Å². The van der Waals surface area contributed by atoms with Crippen LogP contribution in [-0.2, 0) is 17.8 Å². The van der Waals surface area contributed by atoms with Gasteiger partial charge >= 0.3 is 11.9 Å². The molecule has 0 aliphatic rings. The predicted molar refractivity (Wildman–Crippen MR) is 249 cm³/mol. The Morgan fingerprint density at radius 2 is 1.00 bits per heavy atom. The molecule has 2 heterocycles. The van der Waals surface area contributed by atoms with Crippen LogP contribution in [0.1, 0.15) is 105 Å². The standard InChI is InChI=1S/C25H28N2O7.C24H26N2O7/c1-4-5-6-11-34-22-20(32-2)10-8-16-13-18(24(30)27-21(16)22)23(29)26-14-15-7-9-17(19(28)12-15)25(31)33-3;1-3-4-5-10-33-21-19(32-2)9-7-15-12-17(23(29)26-20(15)21)22(28)25-13-14-6-8-16(24(30)31)18(27)11-14/h7-10,12-13,28H,4-6,11,14H2,1-3H3,(H,26,29)(H,27,30);6-9,11-12,27H,3-5,10,13H2,1-2H3,(H,25,28)(H,26,29)(H,30,31). The van der Waals surface area contributed by atoms with Crippen LogP contribution >= 0.6 is 0 Å². The van der Waals surface area contributed by atoms with E-state index in [9.17, 15) is 39.0 Å². The van der Waals surface area contributed by atoms with Crippen LogP contribution < -0.4 is 40.7 Å². The maximum Gasteiger partial charge on any atom is 0.341 e. The van der Waals surface area contributed by atoms with Gasteiger partial charge in [0.2, 0.25) is 0 Å². The van der Waals surface area contributed by atoms with Gasteiger partial charge in [0.15, 0.2) is 23.0 Å². The minimum atomic E-state index is -1.25. The summed E-state index contributed by atoms with van der Waals surface area (Å²) in [5, 5.41) is 35.3. The lowest BCUT2D eigenvalue weighted by Crippen LogP contribution is -2.29. The van der Waals surface area contributed by atoms with Gasteiger partial charge in [-0.05, 0) is 84.6 Å². The van der Waals surface area contributed by atoms with Crippen molar-refractivity contribution in [2.24, 2.45) is 0 Å². The van der Waals surface area contributed by atoms with Crippen molar-refractivity contribution in [1.29, 1.82) is 0 Å². The summed E-state index contributed by atoms with van der Waals surface area (Å²) >= 11 is 0. The molecular weight excluding hydrogens is 869 g/mol. The van der Waals surface area contributed by atoms with E-state index in [0.29, 0.717) is 69.1 Å². The molecule has 0 saturated carbocycles. The number of rotatable bonds is 20. The number of H-pyrrole nitrogens is 2. The van der Waals surface area contributed by atoms with Crippen LogP contribution in [0.25, 0.3) is 21.8 Å². The van der Waals surface area contributed by atoms with E-state index in [-0.39, 0.29) is 41.1 Å². The van der Waals surface area contributed by atoms with Crippen molar-refractivity contribution in [2.75, 3.05) is 34.5 Å². The topological polar surface area (TPSA) is 265 Å². The summed E-state index contributed by atoms with van der Waals surface area (Å²) in [6.45, 7) is 5.19. The Labute approximate surface area is 384 Å². The first-order valence-corrected chi connectivity index (χ1v) is 21.5. The third-order valence-corrected chi connectivity index (χ3v) is 10.5. The van der Waals surface area contributed by atoms with Crippen molar-refractivity contribution in [3.63, 3.8) is 0 Å². The minimum Gasteiger partial charge on any atom is -0.507 e. The Balaban J connectivity index is 0.000000251. The molecule has 4 aromatic carbocycles. The lowest BCUT2D eigenvalue weighted by atomic mass is 10.1. The fourth-order valence-electron chi connectivity index (χ4n) is 6.85. The van der Waals surface area contributed by atoms with E-state index in [0.717, 1.165) is 38.5 Å². The van der Waals surface area contributed by atoms with Gasteiger partial charge in [0, 0.05) is 23.9 Å². The molecule has 0 aliphatic carbocycles. The molecule has 0 fully saturated rings. The van der Waals surface area contributed by atoms with Crippen LogP contribution in [0.5, 0.6) is 34.5 Å². The number of aromatic amines is 2. The molecule has 354 valence electrons. The second-order valence-corrected chi connectivity index (χ2v) is 15.1. The van der Waals surface area contributed by atoms with Crippen molar-refractivity contribution in [2.45, 2.75) is 65.5 Å². The first-order chi connectivity index (χ1) is 32.2. The van der Waals surface area contributed by atoms with E-state index in [1.165, 1.54) is 63.8 Å². The van der Waals surface area contributed by atoms with E-state index in [2.05, 4.69) is 39.2 Å². The highest BCUT2D eigenvalue weighted by molar-refractivity contribution is 6.00. The number of benzene rings is 4. The molecular formula is C49H54N4O14. The van der Waals surface area contributed by atoms with Crippen LogP contribution in [0, 0.1) is 0 Å². The molecule has 0 unspecified atom stereocenters. The fraction of sp³-hybridized carbons (Fsp3) is 0.306. The average molecular weight is 923 g/mol. The monoisotopic (exact) mass is 922 g/mol. The largest absolute Gasteiger partial charge is 0.507 e. The third kappa shape index (κ3) is 12.6. The first-order valence-electron chi connectivity index (χ1n) is 21.5. The number of aromatic carboxylic acids is 1. The molecule has 0 atom stereocenters. The summed E-state index contributed by atoms with van der Waals surface area (Å²) < 4.78 is 27.1. The minimum absolute atomic E-state index is 0.00181. The molecule has 6 rings (SSSR count). The number of aromatic hydroxyl groups is 2. The Kier molecular flexibility index (Phi) is 17.7. The van der Waals surface area contributed by atoms with Crippen LogP contribution in [0.15, 0.2) is 82.4 Å². The van der Waals surface area contributed by atoms with Gasteiger partial charge in [-0.25, -0.2) is 9.59 Å². The summed E-state index contributed by atoms with van der Waals surface area (Å²) in [5.74, 6) is -1.95. The summed E-state index contributed by atoms with van der Waals surface area (Å²) in [6.07, 6.45) is 5.89. The Morgan fingerprint density at radius 1 is 0.567 bits per heavy atom. The SMILES string of the molecule is CCCCCOc1c(OC)ccc2cc(C(=O)NCc3ccc(C(=O)O)c(O)c3)c(=O)[nH]c12.CCCCCOc1c(OC)ccc2cc(C(=O)NCc3ccc(C(=O)OC)c(O)c3)c(=O)[nH]c12. The number of ether oxygens (including phenoxy) is 5. The number of carboxylic acid groups (broad SMARTS) is 1. The second-order valence-electron chi connectivity index (χ2n) is 15.1. The van der Waals surface area contributed by atoms with Gasteiger partial charge in [-0.1, -0.05) is 51.7 Å². The van der Waals surface area contributed by atoms with Crippen LogP contribution in [0.4, 0.5) is 0 Å². The fourth-order valence-corrected chi connectivity index (χ4v) is 6.85. The number of carboxylic acids is 1. The predicted octanol–water partition coefficient (Wildman–Crippen LogP) is 6.97. The highest BCUT2D eigenvalue weighted by Gasteiger charge is 2.20. The molecule has 7 N–H and O–H groups in total. The molecule has 18 nitrogen and oxygen atoms in total. The second kappa shape index (κ2) is 23.8. The lowest BCUT2D eigenvalue weighted by Gasteiger charge is -2.14. The normalized spacial score (nSPS) is 10.7. The zero-order valence-corrected chi connectivity index (χ0v) is 37.8. The zero-order chi connectivity index (χ0) is 48.6. The summed E-state index contributed by atoms with van der Waals surface area (Å²) in [6, 6.07) is 18.2. The van der Waals surface area contributed by atoms with Gasteiger partial charge < -0.3 is 59.6 Å². The average Bonchev–Trinajstić information content (AvgIpc) is 3.32. The van der Waals surface area contributed by atoms with Gasteiger partial charge in [0.05, 0.1) is 45.6 Å². The number of methoxy groups -OCH3 is 3. The zero-order valence-electron chi connectivity index (χ0n) is 37.8. The van der Waals surface area contributed by atoms with E-state index in [1.54, 1.807) is 30.3 Å². The number of carbonyl (C=O) groups is 4. The number of unbranched alkanes of at least 4 members (excludes halogenated alkanes) is 4. The summed E-state index contributed by atoms with van der Waals surface area (Å²) in [5.41, 5.74) is 0.407. The maximum absolute atomic E-state index is 12.7. The van der Waals surface area contributed by atoms with Gasteiger partial charge in [-0.2, -0.15) is 0 Å². The van der Waals surface area contributed by atoms with Crippen LogP contribution in [-0.4, -0.2) is 83.6 Å². The van der Waals surface area contributed by atoms with Gasteiger partial charge in [-0.3, -0.25) is 19.2 Å². The third-order valence-electron chi connectivity index (χ3n) is 10.5. The molecule has 0 bridgehead atoms. The van der Waals surface area contributed by atoms with E-state index >= 15 is 0 Å². The number of hydrogen-bond donors (Lipinski definition) is 7. The van der Waals surface area contributed by atoms with Crippen molar-refractivity contribution in [3.05, 3.63) is 127 Å². The van der Waals surface area contributed by atoms with Gasteiger partial charge in [-0.15, -0.1) is 0 Å². The van der Waals surface area contributed by atoms with Crippen molar-refractivity contribution in [3.8, 4) is 34.5 Å². The molecule has 0 saturated heterocycles. The highest BCUT2D eigenvalue weighted by Crippen LogP contribution is 2.35. The highest BCUT2D eigenvalue weighted by atomic mass is 16.5. The number of aromatic nitrogens is 2. The molecule has 67 heavy (non-hydrogen) atoms. The number of nitrogens with one attached hydrogen (secondary N) is 4. The van der Waals surface area contributed by atoms with Crippen molar-refractivity contribution in [1.82, 2.24) is 20.6 Å². The van der Waals surface area contributed by atoms with Crippen LogP contribution in [0.2, 0.25) is 0 Å². The molecule has 2 aromatic heterocycles. The van der Waals surface area contributed by atoms with E-state index < -0.39 is 40.6 Å². The summed E-state index contributed by atoms with van der Waals surface area (Å²) in [7, 11) is 4.25. The lowest BCUT2D eigenvalue weighted by molar-refractivity contribution is 0.0596. The smallest absolute Gasteiger partial charge is 0.341 e. The molecule has 0 radical (unpaired) electrons. The molecule has 2 amide bonds. The van der Waals surface area contributed by atoms with Gasteiger partial charge in [0.1, 0.15) is 33.8 Å². The Hall–Kier alpha value is -8.02. The number of hydrogen-bond acceptors (Lipinski definition) is 13. The summed E-state index contributed by atoms with van der Waals surface area (Å²) in [4.78, 5) is 78.8. The van der Waals surface area contributed by atoms with E-state index in [4.69, 9.17) is 24.1 Å². The van der Waals surface area contributed by atoms with Crippen LogP contribution in [0.3, 0.4) is 0 Å². The molecule has 0 spiro atoms. The van der Waals surface area contributed by atoms with Crippen molar-refractivity contribution >= 4 is 45.6 Å². The molecule has 6 aromatic rings. The number of esters is 1. The number of carbonyl (C=O) groups excluding carboxylic acids is 3. The van der Waals surface area contributed by atoms with E-state index in [1.807, 2.05) is 0 Å². The van der Waals surface area contributed by atoms with Crippen molar-refractivity contribution < 1.29 is 58.2 Å². The molecule has 0 aliphatic heterocycles. The quantitative estimate of drug-likeness (QED) is 0.0301. The Bertz CT molecular complexity index is 2870. The number of phenolic OH excluding ortho intramolecular Hbond substituents is 1. The molecule has 18 heteroatoms. The number of amides is 2. The Morgan fingerprint density at radius 3 is 1.37 bits per heavy atom. The maximum atomic E-state index is 12.7. The number of phenols is 2. The number of pyridine rings is 2. The number of fused-ring (bicyclic) bond motifs is 2. The first kappa shape index (κ1) is 50.0.